The molecule has 1 N–H and O–H groups in total. The average molecular weight is 263 g/mol. The summed E-state index contributed by atoms with van der Waals surface area (Å²) >= 11 is 5.86. The summed E-state index contributed by atoms with van der Waals surface area (Å²) in [5.41, 5.74) is 1.67. The SMILES string of the molecule is O=C(NCc1cccs1)c1ccccc1CS. The molecule has 1 aromatic heterocycles. The minimum Gasteiger partial charge on any atom is -0.347 e. The van der Waals surface area contributed by atoms with E-state index < -0.39 is 0 Å². The maximum Gasteiger partial charge on any atom is 0.251 e. The summed E-state index contributed by atoms with van der Waals surface area (Å²) in [6.07, 6.45) is 0. The number of hydrogen-bond acceptors (Lipinski definition) is 3. The molecule has 0 atom stereocenters. The molecule has 2 nitrogen and oxygen atoms in total. The van der Waals surface area contributed by atoms with Gasteiger partial charge in [-0.2, -0.15) is 12.6 Å². The minimum atomic E-state index is -0.0388. The summed E-state index contributed by atoms with van der Waals surface area (Å²) < 4.78 is 0. The lowest BCUT2D eigenvalue weighted by atomic mass is 10.1. The minimum absolute atomic E-state index is 0.0388. The Hall–Kier alpha value is -1.26. The Labute approximate surface area is 110 Å². The lowest BCUT2D eigenvalue weighted by Crippen LogP contribution is -2.23. The van der Waals surface area contributed by atoms with Gasteiger partial charge in [-0.25, -0.2) is 0 Å². The van der Waals surface area contributed by atoms with Gasteiger partial charge < -0.3 is 5.32 Å². The summed E-state index contributed by atoms with van der Waals surface area (Å²) in [4.78, 5) is 13.1. The quantitative estimate of drug-likeness (QED) is 0.815. The van der Waals surface area contributed by atoms with Crippen molar-refractivity contribution in [2.75, 3.05) is 0 Å². The van der Waals surface area contributed by atoms with Gasteiger partial charge in [0.15, 0.2) is 0 Å². The highest BCUT2D eigenvalue weighted by atomic mass is 32.1. The second kappa shape index (κ2) is 5.89. The molecule has 4 heteroatoms. The monoisotopic (exact) mass is 263 g/mol. The number of amides is 1. The lowest BCUT2D eigenvalue weighted by Gasteiger charge is -2.07. The van der Waals surface area contributed by atoms with Crippen LogP contribution in [0.15, 0.2) is 41.8 Å². The highest BCUT2D eigenvalue weighted by molar-refractivity contribution is 7.79. The van der Waals surface area contributed by atoms with Crippen molar-refractivity contribution < 1.29 is 4.79 Å². The fourth-order valence-electron chi connectivity index (χ4n) is 1.56. The Morgan fingerprint density at radius 2 is 2.06 bits per heavy atom. The molecule has 0 aliphatic carbocycles. The molecule has 0 radical (unpaired) electrons. The topological polar surface area (TPSA) is 29.1 Å². The zero-order valence-electron chi connectivity index (χ0n) is 9.22. The zero-order valence-corrected chi connectivity index (χ0v) is 10.9. The van der Waals surface area contributed by atoms with Crippen LogP contribution in [0, 0.1) is 0 Å². The summed E-state index contributed by atoms with van der Waals surface area (Å²) in [5, 5.41) is 4.92. The first-order valence-corrected chi connectivity index (χ1v) is 6.82. The summed E-state index contributed by atoms with van der Waals surface area (Å²) in [6, 6.07) is 11.5. The van der Waals surface area contributed by atoms with Crippen molar-refractivity contribution in [2.45, 2.75) is 12.3 Å². The molecule has 1 heterocycles. The molecule has 0 spiro atoms. The van der Waals surface area contributed by atoms with Crippen LogP contribution in [0.4, 0.5) is 0 Å². The molecule has 1 aromatic carbocycles. The summed E-state index contributed by atoms with van der Waals surface area (Å²) in [6.45, 7) is 0.581. The number of rotatable bonds is 4. The second-order valence-corrected chi connectivity index (χ2v) is 4.93. The van der Waals surface area contributed by atoms with Gasteiger partial charge in [-0.05, 0) is 23.1 Å². The van der Waals surface area contributed by atoms with Crippen LogP contribution in [0.25, 0.3) is 0 Å². The number of benzene rings is 1. The van der Waals surface area contributed by atoms with Crippen LogP contribution in [0.5, 0.6) is 0 Å². The molecule has 2 rings (SSSR count). The largest absolute Gasteiger partial charge is 0.347 e. The van der Waals surface area contributed by atoms with Gasteiger partial charge in [-0.3, -0.25) is 4.79 Å². The van der Waals surface area contributed by atoms with Crippen LogP contribution in [0.1, 0.15) is 20.8 Å². The van der Waals surface area contributed by atoms with Crippen LogP contribution in [0.3, 0.4) is 0 Å². The first-order chi connectivity index (χ1) is 8.31. The fraction of sp³-hybridized carbons (Fsp3) is 0.154. The maximum absolute atomic E-state index is 12.0. The predicted octanol–water partition coefficient (Wildman–Crippen LogP) is 3.11. The van der Waals surface area contributed by atoms with Gasteiger partial charge in [0.1, 0.15) is 0 Å². The van der Waals surface area contributed by atoms with Crippen LogP contribution < -0.4 is 5.32 Å². The Bertz CT molecular complexity index is 494. The molecule has 17 heavy (non-hydrogen) atoms. The van der Waals surface area contributed by atoms with Crippen molar-refractivity contribution in [3.05, 3.63) is 57.8 Å². The van der Waals surface area contributed by atoms with E-state index in [-0.39, 0.29) is 5.91 Å². The van der Waals surface area contributed by atoms with E-state index in [1.54, 1.807) is 11.3 Å². The molecule has 0 saturated carbocycles. The van der Waals surface area contributed by atoms with Gasteiger partial charge in [0.25, 0.3) is 5.91 Å². The normalized spacial score (nSPS) is 10.2. The van der Waals surface area contributed by atoms with Gasteiger partial charge in [0.2, 0.25) is 0 Å². The van der Waals surface area contributed by atoms with Crippen molar-refractivity contribution in [1.82, 2.24) is 5.32 Å². The molecular formula is C13H13NOS2. The molecule has 0 fully saturated rings. The van der Waals surface area contributed by atoms with E-state index in [1.165, 1.54) is 0 Å². The van der Waals surface area contributed by atoms with Crippen molar-refractivity contribution >= 4 is 29.9 Å². The second-order valence-electron chi connectivity index (χ2n) is 3.58. The van der Waals surface area contributed by atoms with Crippen molar-refractivity contribution in [2.24, 2.45) is 0 Å². The fourth-order valence-corrected chi connectivity index (χ4v) is 2.48. The van der Waals surface area contributed by atoms with Crippen LogP contribution in [-0.4, -0.2) is 5.91 Å². The van der Waals surface area contributed by atoms with Gasteiger partial charge in [-0.1, -0.05) is 24.3 Å². The van der Waals surface area contributed by atoms with Gasteiger partial charge in [-0.15, -0.1) is 11.3 Å². The third-order valence-corrected chi connectivity index (χ3v) is 3.65. The molecule has 0 bridgehead atoms. The highest BCUT2D eigenvalue weighted by Gasteiger charge is 2.09. The third-order valence-electron chi connectivity index (χ3n) is 2.44. The zero-order chi connectivity index (χ0) is 12.1. The van der Waals surface area contributed by atoms with E-state index >= 15 is 0 Å². The van der Waals surface area contributed by atoms with Crippen molar-refractivity contribution in [3.63, 3.8) is 0 Å². The van der Waals surface area contributed by atoms with Crippen LogP contribution in [0.2, 0.25) is 0 Å². The predicted molar refractivity (Wildman–Crippen MR) is 74.6 cm³/mol. The molecule has 0 aliphatic heterocycles. The first kappa shape index (κ1) is 12.2. The molecule has 88 valence electrons. The number of hydrogen-bond donors (Lipinski definition) is 2. The van der Waals surface area contributed by atoms with Crippen molar-refractivity contribution in [3.8, 4) is 0 Å². The third kappa shape index (κ3) is 3.11. The Kier molecular flexibility index (Phi) is 4.23. The summed E-state index contributed by atoms with van der Waals surface area (Å²) in [5.74, 6) is 0.533. The van der Waals surface area contributed by atoms with Crippen LogP contribution in [-0.2, 0) is 12.3 Å². The van der Waals surface area contributed by atoms with E-state index in [1.807, 2.05) is 41.8 Å². The van der Waals surface area contributed by atoms with E-state index in [2.05, 4.69) is 17.9 Å². The maximum atomic E-state index is 12.0. The first-order valence-electron chi connectivity index (χ1n) is 5.30. The van der Waals surface area contributed by atoms with Crippen molar-refractivity contribution in [1.29, 1.82) is 0 Å². The highest BCUT2D eigenvalue weighted by Crippen LogP contribution is 2.12. The smallest absolute Gasteiger partial charge is 0.251 e. The molecular weight excluding hydrogens is 250 g/mol. The van der Waals surface area contributed by atoms with E-state index in [4.69, 9.17) is 0 Å². The van der Waals surface area contributed by atoms with Crippen LogP contribution >= 0.6 is 24.0 Å². The van der Waals surface area contributed by atoms with E-state index in [0.717, 1.165) is 10.4 Å². The number of nitrogens with one attached hydrogen (secondary N) is 1. The Morgan fingerprint density at radius 3 is 2.76 bits per heavy atom. The number of thiophene rings is 1. The molecule has 0 unspecified atom stereocenters. The van der Waals surface area contributed by atoms with Gasteiger partial charge in [0, 0.05) is 16.2 Å². The Balaban J connectivity index is 2.04. The number of carbonyl (C=O) groups is 1. The van der Waals surface area contributed by atoms with Gasteiger partial charge in [0.05, 0.1) is 6.54 Å². The van der Waals surface area contributed by atoms with Gasteiger partial charge >= 0.3 is 0 Å². The number of carbonyl (C=O) groups excluding carboxylic acids is 1. The van der Waals surface area contributed by atoms with E-state index in [9.17, 15) is 4.79 Å². The molecule has 0 aliphatic rings. The standard InChI is InChI=1S/C13H13NOS2/c15-13(14-8-11-5-3-7-17-11)12-6-2-1-4-10(12)9-16/h1-7,16H,8-9H2,(H,14,15). The molecule has 0 saturated heterocycles. The number of thiol groups is 1. The molecule has 1 amide bonds. The average Bonchev–Trinajstić information content (AvgIpc) is 2.89. The Morgan fingerprint density at radius 1 is 1.24 bits per heavy atom. The summed E-state index contributed by atoms with van der Waals surface area (Å²) in [7, 11) is 0. The molecule has 2 aromatic rings. The van der Waals surface area contributed by atoms with E-state index in [0.29, 0.717) is 17.9 Å². The lowest BCUT2D eigenvalue weighted by molar-refractivity contribution is 0.0950.